The molecule has 0 aliphatic heterocycles. The Morgan fingerprint density at radius 2 is 2.06 bits per heavy atom. The van der Waals surface area contributed by atoms with Crippen LogP contribution >= 0.6 is 11.6 Å². The fraction of sp³-hybridized carbons (Fsp3) is 0.143. The molecule has 0 saturated heterocycles. The van der Waals surface area contributed by atoms with Gasteiger partial charge in [-0.25, -0.2) is 9.78 Å². The summed E-state index contributed by atoms with van der Waals surface area (Å²) in [6.07, 6.45) is 0. The molecule has 0 amide bonds. The molecule has 2 aromatic rings. The molecular weight excluding hydrogens is 250 g/mol. The predicted octanol–water partition coefficient (Wildman–Crippen LogP) is 3.50. The Kier molecular flexibility index (Phi) is 3.63. The Labute approximate surface area is 110 Å². The van der Waals surface area contributed by atoms with Crippen molar-refractivity contribution in [1.82, 2.24) is 4.98 Å². The van der Waals surface area contributed by atoms with Crippen LogP contribution in [0.5, 0.6) is 0 Å². The number of ether oxygens (including phenoxy) is 1. The van der Waals surface area contributed by atoms with Crippen LogP contribution in [0, 0.1) is 6.92 Å². The van der Waals surface area contributed by atoms with Crippen LogP contribution < -0.4 is 0 Å². The maximum atomic E-state index is 11.5. The highest BCUT2D eigenvalue weighted by molar-refractivity contribution is 6.29. The molecule has 0 saturated carbocycles. The molecule has 92 valence electrons. The number of carbonyl (C=O) groups excluding carboxylic acids is 1. The van der Waals surface area contributed by atoms with Crippen LogP contribution in [-0.4, -0.2) is 18.1 Å². The SMILES string of the molecule is COC(=O)c1cccc(-c2ccc(Cl)nc2C)c1. The molecule has 3 nitrogen and oxygen atoms in total. The summed E-state index contributed by atoms with van der Waals surface area (Å²) in [4.78, 5) is 15.7. The van der Waals surface area contributed by atoms with E-state index in [4.69, 9.17) is 16.3 Å². The van der Waals surface area contributed by atoms with E-state index in [0.717, 1.165) is 16.8 Å². The van der Waals surface area contributed by atoms with Gasteiger partial charge in [0.1, 0.15) is 5.15 Å². The fourth-order valence-corrected chi connectivity index (χ4v) is 1.96. The molecule has 18 heavy (non-hydrogen) atoms. The van der Waals surface area contributed by atoms with Gasteiger partial charge in [0, 0.05) is 11.3 Å². The highest BCUT2D eigenvalue weighted by Gasteiger charge is 2.08. The smallest absolute Gasteiger partial charge is 0.337 e. The molecule has 1 aromatic heterocycles. The predicted molar refractivity (Wildman–Crippen MR) is 70.8 cm³/mol. The second-order valence-electron chi connectivity index (χ2n) is 3.84. The number of nitrogens with zero attached hydrogens (tertiary/aromatic N) is 1. The van der Waals surface area contributed by atoms with Gasteiger partial charge in [-0.2, -0.15) is 0 Å². The van der Waals surface area contributed by atoms with Crippen LogP contribution in [0.25, 0.3) is 11.1 Å². The van der Waals surface area contributed by atoms with E-state index < -0.39 is 0 Å². The summed E-state index contributed by atoms with van der Waals surface area (Å²) in [5.74, 6) is -0.351. The minimum Gasteiger partial charge on any atom is -0.465 e. The Morgan fingerprint density at radius 3 is 2.72 bits per heavy atom. The van der Waals surface area contributed by atoms with Gasteiger partial charge < -0.3 is 4.74 Å². The summed E-state index contributed by atoms with van der Waals surface area (Å²) >= 11 is 5.82. The lowest BCUT2D eigenvalue weighted by Gasteiger charge is -2.07. The summed E-state index contributed by atoms with van der Waals surface area (Å²) in [6.45, 7) is 1.88. The standard InChI is InChI=1S/C14H12ClNO2/c1-9-12(6-7-13(15)16-9)10-4-3-5-11(8-10)14(17)18-2/h3-8H,1-2H3. The number of rotatable bonds is 2. The molecular formula is C14H12ClNO2. The Balaban J connectivity index is 2.48. The van der Waals surface area contributed by atoms with E-state index in [2.05, 4.69) is 4.98 Å². The molecule has 1 aromatic carbocycles. The zero-order chi connectivity index (χ0) is 13.1. The number of hydrogen-bond donors (Lipinski definition) is 0. The van der Waals surface area contributed by atoms with Crippen LogP contribution in [-0.2, 0) is 4.74 Å². The van der Waals surface area contributed by atoms with Gasteiger partial charge in [-0.3, -0.25) is 0 Å². The number of esters is 1. The van der Waals surface area contributed by atoms with Crippen molar-refractivity contribution in [1.29, 1.82) is 0 Å². The van der Waals surface area contributed by atoms with E-state index in [1.165, 1.54) is 7.11 Å². The summed E-state index contributed by atoms with van der Waals surface area (Å²) in [7, 11) is 1.37. The lowest BCUT2D eigenvalue weighted by molar-refractivity contribution is 0.0601. The molecule has 0 radical (unpaired) electrons. The third-order valence-corrected chi connectivity index (χ3v) is 2.86. The van der Waals surface area contributed by atoms with Gasteiger partial charge in [-0.1, -0.05) is 23.7 Å². The van der Waals surface area contributed by atoms with Crippen LogP contribution in [0.3, 0.4) is 0 Å². The molecule has 0 aliphatic rings. The first-order valence-electron chi connectivity index (χ1n) is 5.43. The normalized spacial score (nSPS) is 10.2. The minimum absolute atomic E-state index is 0.351. The lowest BCUT2D eigenvalue weighted by Crippen LogP contribution is -2.01. The van der Waals surface area contributed by atoms with Crippen LogP contribution in [0.15, 0.2) is 36.4 Å². The van der Waals surface area contributed by atoms with E-state index in [9.17, 15) is 4.79 Å². The zero-order valence-corrected chi connectivity index (χ0v) is 10.9. The van der Waals surface area contributed by atoms with Crippen molar-refractivity contribution in [3.8, 4) is 11.1 Å². The molecule has 1 heterocycles. The Hall–Kier alpha value is -1.87. The van der Waals surface area contributed by atoms with Gasteiger partial charge in [-0.05, 0) is 36.8 Å². The van der Waals surface area contributed by atoms with Crippen LogP contribution in [0.1, 0.15) is 16.1 Å². The van der Waals surface area contributed by atoms with Crippen molar-refractivity contribution in [2.75, 3.05) is 7.11 Å². The number of methoxy groups -OCH3 is 1. The third-order valence-electron chi connectivity index (χ3n) is 2.65. The molecule has 0 aliphatic carbocycles. The zero-order valence-electron chi connectivity index (χ0n) is 10.1. The summed E-state index contributed by atoms with van der Waals surface area (Å²) in [5, 5.41) is 0.459. The first-order chi connectivity index (χ1) is 8.61. The molecule has 0 bridgehead atoms. The molecule has 0 atom stereocenters. The number of aryl methyl sites for hydroxylation is 1. The maximum absolute atomic E-state index is 11.5. The molecule has 0 N–H and O–H groups in total. The van der Waals surface area contributed by atoms with Crippen molar-refractivity contribution in [2.24, 2.45) is 0 Å². The topological polar surface area (TPSA) is 39.2 Å². The van der Waals surface area contributed by atoms with Crippen LogP contribution in [0.4, 0.5) is 0 Å². The molecule has 0 spiro atoms. The molecule has 4 heteroatoms. The van der Waals surface area contributed by atoms with Crippen molar-refractivity contribution in [3.63, 3.8) is 0 Å². The second-order valence-corrected chi connectivity index (χ2v) is 4.23. The Morgan fingerprint density at radius 1 is 1.28 bits per heavy atom. The van der Waals surface area contributed by atoms with Gasteiger partial charge in [0.2, 0.25) is 0 Å². The second kappa shape index (κ2) is 5.19. The highest BCUT2D eigenvalue weighted by Crippen LogP contribution is 2.24. The number of benzene rings is 1. The number of hydrogen-bond acceptors (Lipinski definition) is 3. The quantitative estimate of drug-likeness (QED) is 0.614. The third kappa shape index (κ3) is 2.51. The van der Waals surface area contributed by atoms with Crippen molar-refractivity contribution in [2.45, 2.75) is 6.92 Å². The Bertz CT molecular complexity index is 596. The van der Waals surface area contributed by atoms with Gasteiger partial charge in [-0.15, -0.1) is 0 Å². The molecule has 0 unspecified atom stereocenters. The summed E-state index contributed by atoms with van der Waals surface area (Å²) in [5.41, 5.74) is 3.21. The maximum Gasteiger partial charge on any atom is 0.337 e. The molecule has 2 rings (SSSR count). The van der Waals surface area contributed by atoms with E-state index >= 15 is 0 Å². The average molecular weight is 262 g/mol. The van der Waals surface area contributed by atoms with Crippen molar-refractivity contribution < 1.29 is 9.53 Å². The van der Waals surface area contributed by atoms with E-state index in [1.807, 2.05) is 25.1 Å². The van der Waals surface area contributed by atoms with Gasteiger partial charge >= 0.3 is 5.97 Å². The first kappa shape index (κ1) is 12.6. The first-order valence-corrected chi connectivity index (χ1v) is 5.81. The largest absolute Gasteiger partial charge is 0.465 e. The van der Waals surface area contributed by atoms with Gasteiger partial charge in [0.15, 0.2) is 0 Å². The monoisotopic (exact) mass is 261 g/mol. The number of aromatic nitrogens is 1. The number of halogens is 1. The number of carbonyl (C=O) groups is 1. The van der Waals surface area contributed by atoms with E-state index in [-0.39, 0.29) is 5.97 Å². The van der Waals surface area contributed by atoms with Gasteiger partial charge in [0.05, 0.1) is 12.7 Å². The lowest BCUT2D eigenvalue weighted by atomic mass is 10.0. The summed E-state index contributed by atoms with van der Waals surface area (Å²) < 4.78 is 4.70. The van der Waals surface area contributed by atoms with Crippen molar-refractivity contribution >= 4 is 17.6 Å². The van der Waals surface area contributed by atoms with Gasteiger partial charge in [0.25, 0.3) is 0 Å². The van der Waals surface area contributed by atoms with Crippen LogP contribution in [0.2, 0.25) is 5.15 Å². The van der Waals surface area contributed by atoms with E-state index in [0.29, 0.717) is 10.7 Å². The fourth-order valence-electron chi connectivity index (χ4n) is 1.77. The highest BCUT2D eigenvalue weighted by atomic mass is 35.5. The molecule has 0 fully saturated rings. The van der Waals surface area contributed by atoms with E-state index in [1.54, 1.807) is 18.2 Å². The summed E-state index contributed by atoms with van der Waals surface area (Å²) in [6, 6.07) is 10.9. The van der Waals surface area contributed by atoms with Crippen molar-refractivity contribution in [3.05, 3.63) is 52.8 Å². The average Bonchev–Trinajstić information content (AvgIpc) is 2.38. The number of pyridine rings is 1. The minimum atomic E-state index is -0.351.